The number of rotatable bonds is 9. The van der Waals surface area contributed by atoms with Crippen molar-refractivity contribution in [1.29, 1.82) is 0 Å². The fraction of sp³-hybridized carbons (Fsp3) is 0.240. The third-order valence-electron chi connectivity index (χ3n) is 5.87. The number of hydrogen-bond acceptors (Lipinski definition) is 9. The van der Waals surface area contributed by atoms with Gasteiger partial charge in [0.05, 0.1) is 42.3 Å². The summed E-state index contributed by atoms with van der Waals surface area (Å²) in [6.07, 6.45) is 2.07. The Labute approximate surface area is 221 Å². The molecule has 3 aromatic heterocycles. The zero-order valence-corrected chi connectivity index (χ0v) is 21.8. The highest BCUT2D eigenvalue weighted by Crippen LogP contribution is 2.35. The van der Waals surface area contributed by atoms with Gasteiger partial charge in [0.15, 0.2) is 16.7 Å². The van der Waals surface area contributed by atoms with Crippen molar-refractivity contribution in [1.82, 2.24) is 25.1 Å². The van der Waals surface area contributed by atoms with Gasteiger partial charge < -0.3 is 19.0 Å². The van der Waals surface area contributed by atoms with Crippen molar-refractivity contribution in [2.75, 3.05) is 12.9 Å². The van der Waals surface area contributed by atoms with Gasteiger partial charge >= 0.3 is 0 Å². The van der Waals surface area contributed by atoms with Crippen molar-refractivity contribution in [3.63, 3.8) is 0 Å². The number of thioether (sulfide) groups is 1. The molecule has 0 bridgehead atoms. The number of furan rings is 1. The normalized spacial score (nSPS) is 15.0. The first-order valence-corrected chi connectivity index (χ1v) is 13.3. The van der Waals surface area contributed by atoms with Crippen molar-refractivity contribution in [2.45, 2.75) is 24.2 Å². The predicted molar refractivity (Wildman–Crippen MR) is 140 cm³/mol. The molecule has 190 valence electrons. The fourth-order valence-electron chi connectivity index (χ4n) is 3.89. The summed E-state index contributed by atoms with van der Waals surface area (Å²) in [6.45, 7) is 0.178. The van der Waals surface area contributed by atoms with E-state index in [9.17, 15) is 9.59 Å². The van der Waals surface area contributed by atoms with E-state index >= 15 is 0 Å². The quantitative estimate of drug-likeness (QED) is 0.323. The molecule has 1 aliphatic rings. The Hall–Kier alpha value is -3.90. The maximum Gasteiger partial charge on any atom is 0.287 e. The van der Waals surface area contributed by atoms with Gasteiger partial charge in [-0.15, -0.1) is 21.5 Å². The molecule has 0 saturated heterocycles. The topological polar surface area (TPSA) is 115 Å². The lowest BCUT2D eigenvalue weighted by atomic mass is 10.0. The number of aromatic nitrogens is 3. The van der Waals surface area contributed by atoms with Crippen LogP contribution in [0, 0.1) is 0 Å². The first-order chi connectivity index (χ1) is 18.0. The molecule has 0 radical (unpaired) electrons. The first kappa shape index (κ1) is 24.8. The number of ether oxygens (including phenoxy) is 1. The Morgan fingerprint density at radius 2 is 2.03 bits per heavy atom. The zero-order valence-electron chi connectivity index (χ0n) is 20.2. The highest BCUT2D eigenvalue weighted by Gasteiger charge is 2.33. The van der Waals surface area contributed by atoms with E-state index < -0.39 is 0 Å². The lowest BCUT2D eigenvalue weighted by molar-refractivity contribution is -0.130. The molecule has 0 spiro atoms. The van der Waals surface area contributed by atoms with Gasteiger partial charge in [-0.2, -0.15) is 5.10 Å². The second-order valence-corrected chi connectivity index (χ2v) is 10.1. The summed E-state index contributed by atoms with van der Waals surface area (Å²) in [7, 11) is 3.42. The molecule has 1 aromatic carbocycles. The fourth-order valence-corrected chi connectivity index (χ4v) is 5.39. The Morgan fingerprint density at radius 1 is 1.19 bits per heavy atom. The smallest absolute Gasteiger partial charge is 0.287 e. The molecule has 12 heteroatoms. The Morgan fingerprint density at radius 3 is 2.73 bits per heavy atom. The van der Waals surface area contributed by atoms with E-state index in [1.807, 2.05) is 41.8 Å². The number of amides is 2. The third-order valence-corrected chi connectivity index (χ3v) is 7.80. The number of hydrogen-bond donors (Lipinski definition) is 1. The standard InChI is InChI=1S/C25H24N6O4S2/c1-30-22(14-26-24(33)20-5-3-11-35-20)27-28-25(30)37-15-23(32)31-19(16-7-9-17(34-2)10-8-16)13-18(29-31)21-6-4-12-36-21/h3-12,19H,13-15H2,1-2H3,(H,26,33). The van der Waals surface area contributed by atoms with Gasteiger partial charge in [-0.3, -0.25) is 9.59 Å². The highest BCUT2D eigenvalue weighted by atomic mass is 32.2. The van der Waals surface area contributed by atoms with Crippen LogP contribution >= 0.6 is 23.1 Å². The number of nitrogens with zero attached hydrogens (tertiary/aromatic N) is 5. The van der Waals surface area contributed by atoms with E-state index in [1.165, 1.54) is 18.0 Å². The van der Waals surface area contributed by atoms with Gasteiger partial charge in [0.25, 0.3) is 11.8 Å². The Kier molecular flexibility index (Phi) is 7.37. The number of methoxy groups -OCH3 is 1. The van der Waals surface area contributed by atoms with E-state index in [1.54, 1.807) is 47.2 Å². The van der Waals surface area contributed by atoms with Crippen molar-refractivity contribution >= 4 is 40.6 Å². The van der Waals surface area contributed by atoms with Gasteiger partial charge in [0.2, 0.25) is 0 Å². The van der Waals surface area contributed by atoms with Crippen molar-refractivity contribution in [2.24, 2.45) is 12.1 Å². The number of benzene rings is 1. The molecule has 0 aliphatic carbocycles. The number of nitrogens with one attached hydrogen (secondary N) is 1. The summed E-state index contributed by atoms with van der Waals surface area (Å²) in [5, 5.41) is 19.9. The summed E-state index contributed by atoms with van der Waals surface area (Å²) in [4.78, 5) is 26.5. The average molecular weight is 537 g/mol. The summed E-state index contributed by atoms with van der Waals surface area (Å²) in [5.41, 5.74) is 1.88. The largest absolute Gasteiger partial charge is 0.497 e. The molecule has 2 amide bonds. The van der Waals surface area contributed by atoms with Gasteiger partial charge in [-0.25, -0.2) is 5.01 Å². The van der Waals surface area contributed by atoms with Crippen LogP contribution in [0.4, 0.5) is 0 Å². The highest BCUT2D eigenvalue weighted by molar-refractivity contribution is 7.99. The monoisotopic (exact) mass is 536 g/mol. The first-order valence-electron chi connectivity index (χ1n) is 11.4. The Bertz CT molecular complexity index is 1400. The van der Waals surface area contributed by atoms with E-state index in [0.717, 1.165) is 21.9 Å². The van der Waals surface area contributed by atoms with Crippen LogP contribution in [0.3, 0.4) is 0 Å². The summed E-state index contributed by atoms with van der Waals surface area (Å²) in [6, 6.07) is 14.7. The lowest BCUT2D eigenvalue weighted by Crippen LogP contribution is -2.28. The molecule has 0 saturated carbocycles. The molecule has 1 N–H and O–H groups in total. The van der Waals surface area contributed by atoms with Crippen molar-refractivity contribution in [3.8, 4) is 5.75 Å². The van der Waals surface area contributed by atoms with Crippen molar-refractivity contribution < 1.29 is 18.7 Å². The number of hydrazone groups is 1. The molecule has 1 atom stereocenters. The summed E-state index contributed by atoms with van der Waals surface area (Å²) in [5.74, 6) is 1.21. The predicted octanol–water partition coefficient (Wildman–Crippen LogP) is 3.88. The van der Waals surface area contributed by atoms with Crippen LogP contribution in [-0.2, 0) is 18.4 Å². The molecule has 4 heterocycles. The zero-order chi connectivity index (χ0) is 25.8. The molecule has 37 heavy (non-hydrogen) atoms. The van der Waals surface area contributed by atoms with E-state index in [-0.39, 0.29) is 35.9 Å². The summed E-state index contributed by atoms with van der Waals surface area (Å²) < 4.78 is 12.1. The maximum atomic E-state index is 13.4. The Balaban J connectivity index is 1.26. The SMILES string of the molecule is COc1ccc(C2CC(c3cccs3)=NN2C(=O)CSc2nnc(CNC(=O)c3ccco3)n2C)cc1. The second-order valence-electron chi connectivity index (χ2n) is 8.16. The van der Waals surface area contributed by atoms with Crippen LogP contribution in [0.25, 0.3) is 0 Å². The number of carbonyl (C=O) groups is 2. The minimum atomic E-state index is -0.338. The van der Waals surface area contributed by atoms with Crippen LogP contribution in [0.2, 0.25) is 0 Å². The van der Waals surface area contributed by atoms with Crippen LogP contribution in [0.5, 0.6) is 5.75 Å². The second kappa shape index (κ2) is 11.0. The average Bonchev–Trinajstić information content (AvgIpc) is 3.73. The van der Waals surface area contributed by atoms with Gasteiger partial charge in [0, 0.05) is 13.5 Å². The minimum Gasteiger partial charge on any atom is -0.497 e. The molecule has 1 unspecified atom stereocenters. The van der Waals surface area contributed by atoms with E-state index in [4.69, 9.17) is 14.3 Å². The van der Waals surface area contributed by atoms with Crippen molar-refractivity contribution in [3.05, 3.63) is 82.2 Å². The third kappa shape index (κ3) is 5.44. The number of thiophene rings is 1. The lowest BCUT2D eigenvalue weighted by Gasteiger charge is -2.22. The molecular weight excluding hydrogens is 512 g/mol. The minimum absolute atomic E-state index is 0.131. The van der Waals surface area contributed by atoms with Gasteiger partial charge in [-0.1, -0.05) is 30.0 Å². The summed E-state index contributed by atoms with van der Waals surface area (Å²) >= 11 is 2.88. The van der Waals surface area contributed by atoms with Crippen LogP contribution in [0.1, 0.15) is 39.3 Å². The van der Waals surface area contributed by atoms with Crippen LogP contribution < -0.4 is 10.1 Å². The molecule has 10 nitrogen and oxygen atoms in total. The maximum absolute atomic E-state index is 13.4. The molecule has 0 fully saturated rings. The van der Waals surface area contributed by atoms with E-state index in [2.05, 4.69) is 15.5 Å². The molecule has 1 aliphatic heterocycles. The van der Waals surface area contributed by atoms with E-state index in [0.29, 0.717) is 17.4 Å². The van der Waals surface area contributed by atoms with Crippen LogP contribution in [-0.4, -0.2) is 50.2 Å². The van der Waals surface area contributed by atoms with Gasteiger partial charge in [0.1, 0.15) is 5.75 Å². The molecular formula is C25H24N6O4S2. The van der Waals surface area contributed by atoms with Crippen LogP contribution in [0.15, 0.2) is 74.8 Å². The number of carbonyl (C=O) groups excluding carboxylic acids is 2. The molecule has 5 rings (SSSR count). The van der Waals surface area contributed by atoms with Gasteiger partial charge in [-0.05, 0) is 41.3 Å². The molecule has 4 aromatic rings.